The van der Waals surface area contributed by atoms with E-state index in [9.17, 15) is 0 Å². The first-order valence-corrected chi connectivity index (χ1v) is 4.66. The summed E-state index contributed by atoms with van der Waals surface area (Å²) in [7, 11) is 0. The Morgan fingerprint density at radius 1 is 1.23 bits per heavy atom. The van der Waals surface area contributed by atoms with E-state index < -0.39 is 0 Å². The van der Waals surface area contributed by atoms with E-state index >= 15 is 0 Å². The maximum absolute atomic E-state index is 5.47. The third kappa shape index (κ3) is 4.48. The zero-order valence-electron chi connectivity index (χ0n) is 7.91. The molecule has 0 heterocycles. The number of rotatable bonds is 6. The molecule has 0 amide bonds. The van der Waals surface area contributed by atoms with Crippen LogP contribution in [0, 0.1) is 0 Å². The Hall–Kier alpha value is -1.08. The number of hydrogen-bond donors (Lipinski definition) is 0. The molecule has 0 N–H and O–H groups in total. The van der Waals surface area contributed by atoms with Gasteiger partial charge >= 0.3 is 0 Å². The summed E-state index contributed by atoms with van der Waals surface area (Å²) in [6, 6.07) is 10.2. The minimum Gasteiger partial charge on any atom is -0.377 e. The monoisotopic (exact) mass is 176 g/mol. The van der Waals surface area contributed by atoms with Gasteiger partial charge in [-0.15, -0.1) is 6.58 Å². The van der Waals surface area contributed by atoms with Gasteiger partial charge in [-0.05, 0) is 18.4 Å². The first kappa shape index (κ1) is 10.0. The Labute approximate surface area is 80.0 Å². The van der Waals surface area contributed by atoms with E-state index in [1.54, 1.807) is 0 Å². The average Bonchev–Trinajstić information content (AvgIpc) is 2.19. The molecule has 1 rings (SSSR count). The number of hydrogen-bond acceptors (Lipinski definition) is 1. The Morgan fingerprint density at radius 3 is 2.69 bits per heavy atom. The van der Waals surface area contributed by atoms with Crippen molar-refractivity contribution in [1.29, 1.82) is 0 Å². The van der Waals surface area contributed by atoms with Gasteiger partial charge in [0.1, 0.15) is 0 Å². The minimum absolute atomic E-state index is 0.720. The highest BCUT2D eigenvalue weighted by molar-refractivity contribution is 5.13. The Kier molecular flexibility index (Phi) is 4.95. The highest BCUT2D eigenvalue weighted by Crippen LogP contribution is 2.01. The van der Waals surface area contributed by atoms with Crippen LogP contribution in [-0.2, 0) is 11.3 Å². The van der Waals surface area contributed by atoms with Gasteiger partial charge in [-0.2, -0.15) is 0 Å². The summed E-state index contributed by atoms with van der Waals surface area (Å²) in [5, 5.41) is 0. The molecule has 0 aromatic heterocycles. The minimum atomic E-state index is 0.720. The van der Waals surface area contributed by atoms with E-state index in [1.165, 1.54) is 5.56 Å². The fourth-order valence-electron chi connectivity index (χ4n) is 1.09. The molecule has 0 aliphatic rings. The average molecular weight is 176 g/mol. The summed E-state index contributed by atoms with van der Waals surface area (Å²) < 4.78 is 5.47. The van der Waals surface area contributed by atoms with Crippen molar-refractivity contribution in [3.8, 4) is 0 Å². The van der Waals surface area contributed by atoms with E-state index in [4.69, 9.17) is 4.74 Å². The smallest absolute Gasteiger partial charge is 0.0716 e. The first-order valence-electron chi connectivity index (χ1n) is 4.66. The lowest BCUT2D eigenvalue weighted by atomic mass is 10.2. The van der Waals surface area contributed by atoms with Crippen LogP contribution >= 0.6 is 0 Å². The predicted octanol–water partition coefficient (Wildman–Crippen LogP) is 3.17. The molecule has 0 saturated carbocycles. The van der Waals surface area contributed by atoms with Gasteiger partial charge in [-0.3, -0.25) is 0 Å². The predicted molar refractivity (Wildman–Crippen MR) is 55.5 cm³/mol. The summed E-state index contributed by atoms with van der Waals surface area (Å²) in [5.74, 6) is 0. The van der Waals surface area contributed by atoms with Gasteiger partial charge in [-0.25, -0.2) is 0 Å². The van der Waals surface area contributed by atoms with Crippen LogP contribution in [0.5, 0.6) is 0 Å². The molecule has 0 atom stereocenters. The molecular weight excluding hydrogens is 160 g/mol. The standard InChI is InChI=1S/C12H16O/c1-2-3-7-10-13-11-12-8-5-4-6-9-12/h2,4-6,8-9H,1,3,7,10-11H2. The summed E-state index contributed by atoms with van der Waals surface area (Å²) in [5.41, 5.74) is 1.24. The maximum atomic E-state index is 5.47. The third-order valence-electron chi connectivity index (χ3n) is 1.81. The maximum Gasteiger partial charge on any atom is 0.0716 e. The van der Waals surface area contributed by atoms with Crippen LogP contribution in [0.15, 0.2) is 43.0 Å². The van der Waals surface area contributed by atoms with Crippen molar-refractivity contribution in [2.45, 2.75) is 19.4 Å². The number of allylic oxidation sites excluding steroid dienone is 1. The van der Waals surface area contributed by atoms with Gasteiger partial charge in [0.05, 0.1) is 6.61 Å². The van der Waals surface area contributed by atoms with Crippen LogP contribution in [-0.4, -0.2) is 6.61 Å². The molecule has 13 heavy (non-hydrogen) atoms. The second-order valence-corrected chi connectivity index (χ2v) is 2.97. The zero-order valence-corrected chi connectivity index (χ0v) is 7.91. The second kappa shape index (κ2) is 6.44. The molecule has 70 valence electrons. The van der Waals surface area contributed by atoms with Crippen molar-refractivity contribution in [3.63, 3.8) is 0 Å². The van der Waals surface area contributed by atoms with Crippen molar-refractivity contribution < 1.29 is 4.74 Å². The molecule has 0 saturated heterocycles. The Morgan fingerprint density at radius 2 is 2.00 bits per heavy atom. The fraction of sp³-hybridized carbons (Fsp3) is 0.333. The molecule has 0 fully saturated rings. The molecular formula is C12H16O. The molecule has 0 aliphatic carbocycles. The van der Waals surface area contributed by atoms with Crippen molar-refractivity contribution in [2.24, 2.45) is 0 Å². The van der Waals surface area contributed by atoms with Crippen molar-refractivity contribution in [1.82, 2.24) is 0 Å². The van der Waals surface area contributed by atoms with Crippen LogP contribution in [0.25, 0.3) is 0 Å². The van der Waals surface area contributed by atoms with Crippen LogP contribution in [0.4, 0.5) is 0 Å². The first-order chi connectivity index (χ1) is 6.43. The molecule has 0 radical (unpaired) electrons. The molecule has 1 aromatic carbocycles. The van der Waals surface area contributed by atoms with E-state index in [1.807, 2.05) is 24.3 Å². The van der Waals surface area contributed by atoms with Gasteiger partial charge in [-0.1, -0.05) is 36.4 Å². The Balaban J connectivity index is 2.10. The van der Waals surface area contributed by atoms with Crippen LogP contribution in [0.2, 0.25) is 0 Å². The molecule has 1 aromatic rings. The largest absolute Gasteiger partial charge is 0.377 e. The summed E-state index contributed by atoms with van der Waals surface area (Å²) in [6.07, 6.45) is 4.02. The van der Waals surface area contributed by atoms with Gasteiger partial charge in [0.2, 0.25) is 0 Å². The normalized spacial score (nSPS) is 9.85. The van der Waals surface area contributed by atoms with E-state index in [0.29, 0.717) is 0 Å². The summed E-state index contributed by atoms with van der Waals surface area (Å²) in [4.78, 5) is 0. The second-order valence-electron chi connectivity index (χ2n) is 2.97. The van der Waals surface area contributed by atoms with Gasteiger partial charge in [0, 0.05) is 6.61 Å². The fourth-order valence-corrected chi connectivity index (χ4v) is 1.09. The van der Waals surface area contributed by atoms with Gasteiger partial charge < -0.3 is 4.74 Å². The molecule has 0 spiro atoms. The van der Waals surface area contributed by atoms with E-state index in [-0.39, 0.29) is 0 Å². The Bertz CT molecular complexity index is 228. The van der Waals surface area contributed by atoms with E-state index in [0.717, 1.165) is 26.1 Å². The van der Waals surface area contributed by atoms with Crippen molar-refractivity contribution in [3.05, 3.63) is 48.6 Å². The summed E-state index contributed by atoms with van der Waals surface area (Å²) in [6.45, 7) is 5.20. The lowest BCUT2D eigenvalue weighted by molar-refractivity contribution is 0.119. The van der Waals surface area contributed by atoms with Gasteiger partial charge in [0.25, 0.3) is 0 Å². The zero-order chi connectivity index (χ0) is 9.36. The third-order valence-corrected chi connectivity index (χ3v) is 1.81. The van der Waals surface area contributed by atoms with Gasteiger partial charge in [0.15, 0.2) is 0 Å². The molecule has 0 bridgehead atoms. The van der Waals surface area contributed by atoms with Crippen LogP contribution in [0.3, 0.4) is 0 Å². The van der Waals surface area contributed by atoms with Crippen molar-refractivity contribution >= 4 is 0 Å². The van der Waals surface area contributed by atoms with E-state index in [2.05, 4.69) is 18.7 Å². The van der Waals surface area contributed by atoms with Crippen LogP contribution < -0.4 is 0 Å². The quantitative estimate of drug-likeness (QED) is 0.478. The number of benzene rings is 1. The van der Waals surface area contributed by atoms with Crippen molar-refractivity contribution in [2.75, 3.05) is 6.61 Å². The highest BCUT2D eigenvalue weighted by atomic mass is 16.5. The molecule has 1 heteroatoms. The molecule has 0 unspecified atom stereocenters. The van der Waals surface area contributed by atoms with Crippen LogP contribution in [0.1, 0.15) is 18.4 Å². The highest BCUT2D eigenvalue weighted by Gasteiger charge is 1.90. The number of unbranched alkanes of at least 4 members (excludes halogenated alkanes) is 1. The SMILES string of the molecule is C=CCCCOCc1ccccc1. The summed E-state index contributed by atoms with van der Waals surface area (Å²) >= 11 is 0. The molecule has 0 aliphatic heterocycles. The lowest BCUT2D eigenvalue weighted by Crippen LogP contribution is -1.94. The number of ether oxygens (including phenoxy) is 1. The topological polar surface area (TPSA) is 9.23 Å². The molecule has 1 nitrogen and oxygen atoms in total. The lowest BCUT2D eigenvalue weighted by Gasteiger charge is -2.02.